The SMILES string of the molecule is COc1cc(C2(CN)CC2)cc(F)c1C(C)C. The molecule has 2 nitrogen and oxygen atoms in total. The minimum atomic E-state index is -0.172. The summed E-state index contributed by atoms with van der Waals surface area (Å²) in [5.41, 5.74) is 7.42. The van der Waals surface area contributed by atoms with Gasteiger partial charge in [0.05, 0.1) is 7.11 Å². The highest BCUT2D eigenvalue weighted by Gasteiger charge is 2.43. The van der Waals surface area contributed by atoms with Gasteiger partial charge in [-0.3, -0.25) is 0 Å². The molecular formula is C14H20FNO. The number of rotatable bonds is 4. The Bertz CT molecular complexity index is 424. The van der Waals surface area contributed by atoms with Crippen LogP contribution in [0.4, 0.5) is 4.39 Å². The second-order valence-electron chi connectivity index (χ2n) is 5.21. The molecule has 0 amide bonds. The number of hydrogen-bond donors (Lipinski definition) is 1. The van der Waals surface area contributed by atoms with Crippen LogP contribution < -0.4 is 10.5 Å². The minimum absolute atomic E-state index is 0.00360. The summed E-state index contributed by atoms with van der Waals surface area (Å²) in [6, 6.07) is 3.59. The molecule has 1 saturated carbocycles. The van der Waals surface area contributed by atoms with Crippen molar-refractivity contribution in [2.45, 2.75) is 38.0 Å². The van der Waals surface area contributed by atoms with Crippen LogP contribution in [0.2, 0.25) is 0 Å². The molecule has 1 aromatic carbocycles. The van der Waals surface area contributed by atoms with Crippen molar-refractivity contribution in [3.63, 3.8) is 0 Å². The molecule has 94 valence electrons. The fraction of sp³-hybridized carbons (Fsp3) is 0.571. The van der Waals surface area contributed by atoms with Crippen molar-refractivity contribution in [1.29, 1.82) is 0 Å². The normalized spacial score (nSPS) is 17.3. The van der Waals surface area contributed by atoms with Crippen molar-refractivity contribution in [3.8, 4) is 5.75 Å². The molecule has 0 aliphatic heterocycles. The van der Waals surface area contributed by atoms with Gasteiger partial charge in [0.15, 0.2) is 0 Å². The molecule has 3 heteroatoms. The fourth-order valence-corrected chi connectivity index (χ4v) is 2.39. The molecule has 0 atom stereocenters. The van der Waals surface area contributed by atoms with E-state index < -0.39 is 0 Å². The number of ether oxygens (including phenoxy) is 1. The lowest BCUT2D eigenvalue weighted by Gasteiger charge is -2.18. The zero-order valence-corrected chi connectivity index (χ0v) is 10.7. The maximum absolute atomic E-state index is 14.1. The van der Waals surface area contributed by atoms with Gasteiger partial charge < -0.3 is 10.5 Å². The van der Waals surface area contributed by atoms with E-state index in [2.05, 4.69) is 0 Å². The molecule has 2 N–H and O–H groups in total. The number of halogens is 1. The van der Waals surface area contributed by atoms with Gasteiger partial charge in [0.25, 0.3) is 0 Å². The lowest BCUT2D eigenvalue weighted by Crippen LogP contribution is -2.20. The van der Waals surface area contributed by atoms with Gasteiger partial charge in [0.1, 0.15) is 11.6 Å². The van der Waals surface area contributed by atoms with Gasteiger partial charge in [0, 0.05) is 17.5 Å². The van der Waals surface area contributed by atoms with E-state index in [4.69, 9.17) is 10.5 Å². The van der Waals surface area contributed by atoms with Crippen LogP contribution in [0.15, 0.2) is 12.1 Å². The first-order valence-corrected chi connectivity index (χ1v) is 6.12. The van der Waals surface area contributed by atoms with Crippen LogP contribution in [0.3, 0.4) is 0 Å². The van der Waals surface area contributed by atoms with E-state index in [0.717, 1.165) is 18.4 Å². The summed E-state index contributed by atoms with van der Waals surface area (Å²) in [6.07, 6.45) is 2.10. The van der Waals surface area contributed by atoms with Gasteiger partial charge in [0.2, 0.25) is 0 Å². The summed E-state index contributed by atoms with van der Waals surface area (Å²) >= 11 is 0. The average molecular weight is 237 g/mol. The van der Waals surface area contributed by atoms with E-state index in [0.29, 0.717) is 17.9 Å². The summed E-state index contributed by atoms with van der Waals surface area (Å²) < 4.78 is 19.4. The molecule has 17 heavy (non-hydrogen) atoms. The second kappa shape index (κ2) is 4.30. The first kappa shape index (κ1) is 12.4. The highest BCUT2D eigenvalue weighted by molar-refractivity contribution is 5.45. The van der Waals surface area contributed by atoms with Crippen molar-refractivity contribution >= 4 is 0 Å². The Kier molecular flexibility index (Phi) is 3.13. The van der Waals surface area contributed by atoms with Gasteiger partial charge in [-0.2, -0.15) is 0 Å². The molecule has 0 heterocycles. The molecule has 2 rings (SSSR count). The largest absolute Gasteiger partial charge is 0.496 e. The van der Waals surface area contributed by atoms with Gasteiger partial charge in [-0.25, -0.2) is 4.39 Å². The van der Waals surface area contributed by atoms with E-state index in [1.807, 2.05) is 19.9 Å². The summed E-state index contributed by atoms with van der Waals surface area (Å²) in [5, 5.41) is 0. The Morgan fingerprint density at radius 1 is 1.41 bits per heavy atom. The van der Waals surface area contributed by atoms with Crippen molar-refractivity contribution in [1.82, 2.24) is 0 Å². The molecule has 0 saturated heterocycles. The molecule has 0 radical (unpaired) electrons. The van der Waals surface area contributed by atoms with Crippen molar-refractivity contribution in [3.05, 3.63) is 29.1 Å². The Morgan fingerprint density at radius 3 is 2.47 bits per heavy atom. The van der Waals surface area contributed by atoms with E-state index >= 15 is 0 Å². The summed E-state index contributed by atoms with van der Waals surface area (Å²) in [5.74, 6) is 0.593. The van der Waals surface area contributed by atoms with Crippen LogP contribution in [0.1, 0.15) is 43.7 Å². The standard InChI is InChI=1S/C14H20FNO/c1-9(2)13-11(15)6-10(7-12(13)17-3)14(8-16)4-5-14/h6-7,9H,4-5,8,16H2,1-3H3. The van der Waals surface area contributed by atoms with E-state index in [1.165, 1.54) is 0 Å². The van der Waals surface area contributed by atoms with E-state index in [1.54, 1.807) is 13.2 Å². The van der Waals surface area contributed by atoms with Crippen LogP contribution in [0.25, 0.3) is 0 Å². The number of methoxy groups -OCH3 is 1. The molecule has 0 unspecified atom stereocenters. The summed E-state index contributed by atoms with van der Waals surface area (Å²) in [6.45, 7) is 4.52. The highest BCUT2D eigenvalue weighted by atomic mass is 19.1. The predicted octanol–water partition coefficient (Wildman–Crippen LogP) is 2.95. The maximum atomic E-state index is 14.1. The van der Waals surface area contributed by atoms with Gasteiger partial charge in [-0.1, -0.05) is 13.8 Å². The van der Waals surface area contributed by atoms with Crippen molar-refractivity contribution in [2.24, 2.45) is 5.73 Å². The first-order chi connectivity index (χ1) is 8.04. The topological polar surface area (TPSA) is 35.2 Å². The van der Waals surface area contributed by atoms with Crippen LogP contribution in [-0.2, 0) is 5.41 Å². The number of hydrogen-bond acceptors (Lipinski definition) is 2. The smallest absolute Gasteiger partial charge is 0.130 e. The zero-order valence-electron chi connectivity index (χ0n) is 10.7. The van der Waals surface area contributed by atoms with E-state index in [-0.39, 0.29) is 17.2 Å². The van der Waals surface area contributed by atoms with Crippen LogP contribution in [0.5, 0.6) is 5.75 Å². The molecule has 0 spiro atoms. The van der Waals surface area contributed by atoms with Crippen molar-refractivity contribution in [2.75, 3.05) is 13.7 Å². The number of nitrogens with two attached hydrogens (primary N) is 1. The summed E-state index contributed by atoms with van der Waals surface area (Å²) in [4.78, 5) is 0. The molecule has 1 aliphatic carbocycles. The Morgan fingerprint density at radius 2 is 2.06 bits per heavy atom. The monoisotopic (exact) mass is 237 g/mol. The predicted molar refractivity (Wildman–Crippen MR) is 67.0 cm³/mol. The molecule has 1 fully saturated rings. The van der Waals surface area contributed by atoms with Crippen LogP contribution in [0, 0.1) is 5.82 Å². The minimum Gasteiger partial charge on any atom is -0.496 e. The molecule has 1 aliphatic rings. The van der Waals surface area contributed by atoms with Gasteiger partial charge in [-0.05, 0) is 36.5 Å². The molecular weight excluding hydrogens is 217 g/mol. The maximum Gasteiger partial charge on any atom is 0.130 e. The van der Waals surface area contributed by atoms with Crippen LogP contribution in [-0.4, -0.2) is 13.7 Å². The lowest BCUT2D eigenvalue weighted by molar-refractivity contribution is 0.400. The Labute approximate surface area is 102 Å². The molecule has 1 aromatic rings. The lowest BCUT2D eigenvalue weighted by atomic mass is 9.91. The highest BCUT2D eigenvalue weighted by Crippen LogP contribution is 2.49. The average Bonchev–Trinajstić information content (AvgIpc) is 3.08. The quantitative estimate of drug-likeness (QED) is 0.873. The number of benzene rings is 1. The Hall–Kier alpha value is -1.09. The summed E-state index contributed by atoms with van der Waals surface area (Å²) in [7, 11) is 1.59. The Balaban J connectivity index is 2.49. The van der Waals surface area contributed by atoms with Crippen molar-refractivity contribution < 1.29 is 9.13 Å². The molecule has 0 bridgehead atoms. The second-order valence-corrected chi connectivity index (χ2v) is 5.21. The first-order valence-electron chi connectivity index (χ1n) is 6.12. The van der Waals surface area contributed by atoms with Crippen LogP contribution >= 0.6 is 0 Å². The van der Waals surface area contributed by atoms with Gasteiger partial charge >= 0.3 is 0 Å². The molecule has 0 aromatic heterocycles. The third-order valence-corrected chi connectivity index (χ3v) is 3.75. The fourth-order valence-electron chi connectivity index (χ4n) is 2.39. The van der Waals surface area contributed by atoms with E-state index in [9.17, 15) is 4.39 Å². The van der Waals surface area contributed by atoms with Gasteiger partial charge in [-0.15, -0.1) is 0 Å². The third kappa shape index (κ3) is 2.04. The zero-order chi connectivity index (χ0) is 12.6. The third-order valence-electron chi connectivity index (χ3n) is 3.75.